The second-order valence-corrected chi connectivity index (χ2v) is 2.33. The number of halogens is 2. The molecule has 0 aliphatic carbocycles. The van der Waals surface area contributed by atoms with Gasteiger partial charge in [-0.05, 0) is 12.1 Å². The lowest BCUT2D eigenvalue weighted by molar-refractivity contribution is 0.0944. The van der Waals surface area contributed by atoms with Gasteiger partial charge >= 0.3 is 0 Å². The van der Waals surface area contributed by atoms with E-state index in [0.29, 0.717) is 0 Å². The Labute approximate surface area is 72.5 Å². The number of carbonyl (C=O) groups is 1. The molecule has 4 nitrogen and oxygen atoms in total. The van der Waals surface area contributed by atoms with Crippen molar-refractivity contribution in [1.82, 2.24) is 10.4 Å². The molecule has 1 aromatic heterocycles. The highest BCUT2D eigenvalue weighted by atomic mass is 35.5. The molecule has 1 rings (SSSR count). The summed E-state index contributed by atoms with van der Waals surface area (Å²) in [5, 5.41) is 0.0370. The summed E-state index contributed by atoms with van der Waals surface area (Å²) < 4.78 is 12.8. The van der Waals surface area contributed by atoms with E-state index in [0.717, 1.165) is 6.07 Å². The standard InChI is InChI=1S/C6H5ClFN3O/c7-4-2-1-3(8)5(10-4)6(12)11-9/h1-2H,9H2,(H,11,12). The molecule has 0 aromatic carbocycles. The number of pyridine rings is 1. The quantitative estimate of drug-likeness (QED) is 0.292. The largest absolute Gasteiger partial charge is 0.289 e. The summed E-state index contributed by atoms with van der Waals surface area (Å²) in [5.74, 6) is 3.20. The zero-order valence-corrected chi connectivity index (χ0v) is 6.60. The van der Waals surface area contributed by atoms with E-state index in [9.17, 15) is 9.18 Å². The molecule has 1 amide bonds. The van der Waals surface area contributed by atoms with Crippen molar-refractivity contribution in [2.45, 2.75) is 0 Å². The van der Waals surface area contributed by atoms with Crippen LogP contribution in [0.25, 0.3) is 0 Å². The first-order chi connectivity index (χ1) is 5.65. The van der Waals surface area contributed by atoms with Crippen molar-refractivity contribution in [3.8, 4) is 0 Å². The van der Waals surface area contributed by atoms with Crippen LogP contribution in [-0.2, 0) is 0 Å². The Balaban J connectivity index is 3.13. The monoisotopic (exact) mass is 189 g/mol. The molecule has 0 fully saturated rings. The summed E-state index contributed by atoms with van der Waals surface area (Å²) in [5.41, 5.74) is 1.34. The summed E-state index contributed by atoms with van der Waals surface area (Å²) in [7, 11) is 0. The minimum Gasteiger partial charge on any atom is -0.289 e. The van der Waals surface area contributed by atoms with E-state index in [4.69, 9.17) is 17.4 Å². The van der Waals surface area contributed by atoms with Gasteiger partial charge in [0.05, 0.1) is 0 Å². The minimum absolute atomic E-state index is 0.0370. The van der Waals surface area contributed by atoms with Crippen LogP contribution >= 0.6 is 11.6 Å². The first-order valence-corrected chi connectivity index (χ1v) is 3.36. The number of hydrogen-bond donors (Lipinski definition) is 2. The average molecular weight is 190 g/mol. The normalized spacial score (nSPS) is 9.58. The number of nitrogens with zero attached hydrogens (tertiary/aromatic N) is 1. The van der Waals surface area contributed by atoms with E-state index < -0.39 is 17.4 Å². The number of nitrogens with one attached hydrogen (secondary N) is 1. The summed E-state index contributed by atoms with van der Waals surface area (Å²) in [4.78, 5) is 14.2. The van der Waals surface area contributed by atoms with Crippen LogP contribution in [-0.4, -0.2) is 10.9 Å². The molecule has 0 saturated carbocycles. The summed E-state index contributed by atoms with van der Waals surface area (Å²) in [6.07, 6.45) is 0. The predicted molar refractivity (Wildman–Crippen MR) is 40.9 cm³/mol. The number of carbonyl (C=O) groups excluding carboxylic acids is 1. The van der Waals surface area contributed by atoms with Gasteiger partial charge in [0.2, 0.25) is 0 Å². The molecule has 0 aliphatic rings. The number of rotatable bonds is 1. The van der Waals surface area contributed by atoms with Gasteiger partial charge in [-0.2, -0.15) is 0 Å². The lowest BCUT2D eigenvalue weighted by atomic mass is 10.3. The van der Waals surface area contributed by atoms with Gasteiger partial charge in [-0.1, -0.05) is 11.6 Å². The number of amides is 1. The van der Waals surface area contributed by atoms with Crippen molar-refractivity contribution in [3.05, 3.63) is 28.8 Å². The second-order valence-electron chi connectivity index (χ2n) is 1.94. The Hall–Kier alpha value is -1.20. The number of nitrogens with two attached hydrogens (primary N) is 1. The first kappa shape index (κ1) is 8.89. The van der Waals surface area contributed by atoms with Gasteiger partial charge in [0, 0.05) is 0 Å². The van der Waals surface area contributed by atoms with Crippen LogP contribution in [0.1, 0.15) is 10.5 Å². The van der Waals surface area contributed by atoms with Crippen LogP contribution in [0, 0.1) is 5.82 Å². The highest BCUT2D eigenvalue weighted by Gasteiger charge is 2.11. The van der Waals surface area contributed by atoms with Gasteiger partial charge in [-0.3, -0.25) is 10.2 Å². The summed E-state index contributed by atoms with van der Waals surface area (Å²) in [6.45, 7) is 0. The van der Waals surface area contributed by atoms with Gasteiger partial charge in [-0.15, -0.1) is 0 Å². The zero-order valence-electron chi connectivity index (χ0n) is 5.84. The Bertz CT molecular complexity index is 318. The van der Waals surface area contributed by atoms with Crippen molar-refractivity contribution >= 4 is 17.5 Å². The maximum absolute atomic E-state index is 12.8. The van der Waals surface area contributed by atoms with Crippen LogP contribution in [0.4, 0.5) is 4.39 Å². The highest BCUT2D eigenvalue weighted by molar-refractivity contribution is 6.29. The average Bonchev–Trinajstić information content (AvgIpc) is 2.08. The van der Waals surface area contributed by atoms with Crippen LogP contribution < -0.4 is 11.3 Å². The molecule has 0 aliphatic heterocycles. The van der Waals surface area contributed by atoms with Gasteiger partial charge in [-0.25, -0.2) is 15.2 Å². The molecule has 1 aromatic rings. The maximum Gasteiger partial charge on any atom is 0.286 e. The Morgan fingerprint density at radius 2 is 2.33 bits per heavy atom. The fraction of sp³-hybridized carbons (Fsp3) is 0. The van der Waals surface area contributed by atoms with E-state index >= 15 is 0 Å². The van der Waals surface area contributed by atoms with Crippen molar-refractivity contribution in [2.75, 3.05) is 0 Å². The molecule has 64 valence electrons. The SMILES string of the molecule is NNC(=O)c1nc(Cl)ccc1F. The lowest BCUT2D eigenvalue weighted by Crippen LogP contribution is -2.31. The fourth-order valence-electron chi connectivity index (χ4n) is 0.646. The molecule has 3 N–H and O–H groups in total. The Kier molecular flexibility index (Phi) is 2.57. The van der Waals surface area contributed by atoms with E-state index in [1.54, 1.807) is 5.43 Å². The van der Waals surface area contributed by atoms with Crippen LogP contribution in [0.2, 0.25) is 5.15 Å². The fourth-order valence-corrected chi connectivity index (χ4v) is 0.793. The number of aromatic nitrogens is 1. The van der Waals surface area contributed by atoms with Crippen LogP contribution in [0.5, 0.6) is 0 Å². The lowest BCUT2D eigenvalue weighted by Gasteiger charge is -1.99. The smallest absolute Gasteiger partial charge is 0.286 e. The van der Waals surface area contributed by atoms with Crippen molar-refractivity contribution in [2.24, 2.45) is 5.84 Å². The molecule has 0 spiro atoms. The van der Waals surface area contributed by atoms with Gasteiger partial charge in [0.25, 0.3) is 5.91 Å². The Morgan fingerprint density at radius 1 is 1.67 bits per heavy atom. The third kappa shape index (κ3) is 1.69. The van der Waals surface area contributed by atoms with Crippen molar-refractivity contribution < 1.29 is 9.18 Å². The van der Waals surface area contributed by atoms with E-state index in [1.165, 1.54) is 6.07 Å². The zero-order chi connectivity index (χ0) is 9.14. The van der Waals surface area contributed by atoms with Gasteiger partial charge in [0.1, 0.15) is 5.15 Å². The van der Waals surface area contributed by atoms with Crippen molar-refractivity contribution in [1.29, 1.82) is 0 Å². The maximum atomic E-state index is 12.8. The molecule has 0 saturated heterocycles. The minimum atomic E-state index is -0.810. The third-order valence-corrected chi connectivity index (χ3v) is 1.37. The highest BCUT2D eigenvalue weighted by Crippen LogP contribution is 2.09. The molecule has 1 heterocycles. The summed E-state index contributed by atoms with van der Waals surface area (Å²) >= 11 is 5.42. The number of nitrogen functional groups attached to an aromatic ring is 1. The van der Waals surface area contributed by atoms with E-state index in [-0.39, 0.29) is 5.15 Å². The van der Waals surface area contributed by atoms with Crippen LogP contribution in [0.3, 0.4) is 0 Å². The topological polar surface area (TPSA) is 68.0 Å². The molecular weight excluding hydrogens is 185 g/mol. The first-order valence-electron chi connectivity index (χ1n) is 2.98. The second kappa shape index (κ2) is 3.46. The number of hydrazine groups is 1. The molecule has 6 heteroatoms. The number of hydrogen-bond acceptors (Lipinski definition) is 3. The van der Waals surface area contributed by atoms with Gasteiger partial charge in [0.15, 0.2) is 11.5 Å². The molecule has 0 radical (unpaired) electrons. The summed E-state index contributed by atoms with van der Waals surface area (Å²) in [6, 6.07) is 2.28. The molecule has 12 heavy (non-hydrogen) atoms. The molecule has 0 unspecified atom stereocenters. The van der Waals surface area contributed by atoms with E-state index in [1.807, 2.05) is 0 Å². The van der Waals surface area contributed by atoms with E-state index in [2.05, 4.69) is 4.98 Å². The van der Waals surface area contributed by atoms with Crippen LogP contribution in [0.15, 0.2) is 12.1 Å². The van der Waals surface area contributed by atoms with Gasteiger partial charge < -0.3 is 0 Å². The van der Waals surface area contributed by atoms with Crippen molar-refractivity contribution in [3.63, 3.8) is 0 Å². The molecular formula is C6H5ClFN3O. The molecule has 0 atom stereocenters. The Morgan fingerprint density at radius 3 is 2.92 bits per heavy atom. The molecule has 0 bridgehead atoms. The predicted octanol–water partition coefficient (Wildman–Crippen LogP) is 0.478. The third-order valence-electron chi connectivity index (χ3n) is 1.16.